The molecule has 2 bridgehead atoms. The van der Waals surface area contributed by atoms with E-state index in [1.807, 2.05) is 30.3 Å². The topological polar surface area (TPSA) is 34.1 Å². The van der Waals surface area contributed by atoms with Gasteiger partial charge in [0.2, 0.25) is 0 Å². The molecule has 1 aromatic carbocycles. The Morgan fingerprint density at radius 2 is 1.59 bits per heavy atom. The van der Waals surface area contributed by atoms with Crippen LogP contribution in [0, 0.1) is 17.8 Å². The Kier molecular flexibility index (Phi) is 2.58. The fraction of sp³-hybridized carbons (Fsp3) is 0.467. The van der Waals surface area contributed by atoms with Gasteiger partial charge in [-0.15, -0.1) is 0 Å². The van der Waals surface area contributed by atoms with Crippen molar-refractivity contribution < 1.29 is 9.59 Å². The quantitative estimate of drug-likeness (QED) is 0.729. The van der Waals surface area contributed by atoms with Crippen LogP contribution in [-0.2, 0) is 4.79 Å². The van der Waals surface area contributed by atoms with Crippen LogP contribution in [0.3, 0.4) is 0 Å². The molecule has 0 N–H and O–H groups in total. The molecule has 1 unspecified atom stereocenters. The molecule has 0 spiro atoms. The van der Waals surface area contributed by atoms with Crippen molar-refractivity contribution in [3.63, 3.8) is 0 Å². The first-order chi connectivity index (χ1) is 8.25. The Morgan fingerprint density at radius 3 is 2.18 bits per heavy atom. The van der Waals surface area contributed by atoms with Crippen LogP contribution in [0.5, 0.6) is 0 Å². The van der Waals surface area contributed by atoms with Gasteiger partial charge in [-0.25, -0.2) is 0 Å². The molecule has 2 fully saturated rings. The van der Waals surface area contributed by atoms with Crippen LogP contribution in [-0.4, -0.2) is 11.6 Å². The molecular weight excluding hydrogens is 212 g/mol. The van der Waals surface area contributed by atoms with Gasteiger partial charge in [0.25, 0.3) is 0 Å². The molecule has 2 saturated carbocycles. The number of hydrogen-bond acceptors (Lipinski definition) is 2. The Morgan fingerprint density at radius 1 is 1.00 bits per heavy atom. The summed E-state index contributed by atoms with van der Waals surface area (Å²) in [4.78, 5) is 24.1. The van der Waals surface area contributed by atoms with Gasteiger partial charge >= 0.3 is 0 Å². The van der Waals surface area contributed by atoms with E-state index in [4.69, 9.17) is 0 Å². The minimum absolute atomic E-state index is 0.0765. The number of carbonyl (C=O) groups is 2. The summed E-state index contributed by atoms with van der Waals surface area (Å²) in [5.41, 5.74) is 0.797. The maximum Gasteiger partial charge on any atom is 0.165 e. The van der Waals surface area contributed by atoms with E-state index in [0.717, 1.165) is 31.2 Å². The summed E-state index contributed by atoms with van der Waals surface area (Å²) in [6, 6.07) is 9.47. The molecule has 2 aliphatic carbocycles. The summed E-state index contributed by atoms with van der Waals surface area (Å²) in [5, 5.41) is 0. The zero-order chi connectivity index (χ0) is 11.8. The summed E-state index contributed by atoms with van der Waals surface area (Å²) in [5.74, 6) is 1.07. The first-order valence-corrected chi connectivity index (χ1v) is 6.38. The SMILES string of the molecule is O=C(c1ccccc1)C1C[C@H]2CC[C@@H](C1)C2=O. The molecule has 2 heteroatoms. The second-order valence-corrected chi connectivity index (χ2v) is 5.27. The van der Waals surface area contributed by atoms with Crippen LogP contribution < -0.4 is 0 Å². The van der Waals surface area contributed by atoms with E-state index in [2.05, 4.69) is 0 Å². The summed E-state index contributed by atoms with van der Waals surface area (Å²) < 4.78 is 0. The van der Waals surface area contributed by atoms with Gasteiger partial charge in [-0.3, -0.25) is 9.59 Å². The van der Waals surface area contributed by atoms with E-state index in [1.54, 1.807) is 0 Å². The molecule has 3 atom stereocenters. The lowest BCUT2D eigenvalue weighted by Gasteiger charge is -2.25. The standard InChI is InChI=1S/C15H16O2/c16-14(10-4-2-1-3-5-10)13-8-11-6-7-12(9-13)15(11)17/h1-5,11-13H,6-9H2/t11-,12+,13?. The second-order valence-electron chi connectivity index (χ2n) is 5.27. The summed E-state index contributed by atoms with van der Waals surface area (Å²) in [6.45, 7) is 0. The fourth-order valence-electron chi connectivity index (χ4n) is 3.32. The first kappa shape index (κ1) is 10.7. The van der Waals surface area contributed by atoms with Gasteiger partial charge in [0.15, 0.2) is 5.78 Å². The molecule has 0 heterocycles. The van der Waals surface area contributed by atoms with Crippen molar-refractivity contribution in [2.24, 2.45) is 17.8 Å². The monoisotopic (exact) mass is 228 g/mol. The molecule has 2 nitrogen and oxygen atoms in total. The second kappa shape index (κ2) is 4.10. The van der Waals surface area contributed by atoms with Crippen LogP contribution in [0.25, 0.3) is 0 Å². The molecule has 0 amide bonds. The van der Waals surface area contributed by atoms with Gasteiger partial charge in [0, 0.05) is 23.3 Å². The number of benzene rings is 1. The van der Waals surface area contributed by atoms with Crippen molar-refractivity contribution in [2.45, 2.75) is 25.7 Å². The predicted octanol–water partition coefficient (Wildman–Crippen LogP) is 2.87. The molecule has 1 aromatic rings. The third-order valence-electron chi connectivity index (χ3n) is 4.24. The van der Waals surface area contributed by atoms with Gasteiger partial charge in [0.1, 0.15) is 5.78 Å². The van der Waals surface area contributed by atoms with E-state index in [-0.39, 0.29) is 23.5 Å². The normalized spacial score (nSPS) is 31.5. The van der Waals surface area contributed by atoms with Crippen molar-refractivity contribution >= 4 is 11.6 Å². The van der Waals surface area contributed by atoms with E-state index < -0.39 is 0 Å². The highest BCUT2D eigenvalue weighted by molar-refractivity contribution is 5.99. The molecule has 0 aromatic heterocycles. The lowest BCUT2D eigenvalue weighted by Crippen LogP contribution is -2.30. The van der Waals surface area contributed by atoms with Crippen LogP contribution >= 0.6 is 0 Å². The Bertz CT molecular complexity index is 433. The number of hydrogen-bond donors (Lipinski definition) is 0. The number of ketones is 2. The summed E-state index contributed by atoms with van der Waals surface area (Å²) >= 11 is 0. The van der Waals surface area contributed by atoms with E-state index in [0.29, 0.717) is 5.78 Å². The van der Waals surface area contributed by atoms with Gasteiger partial charge in [-0.05, 0) is 25.7 Å². The van der Waals surface area contributed by atoms with Crippen LogP contribution in [0.15, 0.2) is 30.3 Å². The Hall–Kier alpha value is -1.44. The lowest BCUT2D eigenvalue weighted by molar-refractivity contribution is -0.126. The number of carbonyl (C=O) groups excluding carboxylic acids is 2. The highest BCUT2D eigenvalue weighted by atomic mass is 16.1. The Labute approximate surface area is 101 Å². The number of fused-ring (bicyclic) bond motifs is 2. The number of rotatable bonds is 2. The molecule has 17 heavy (non-hydrogen) atoms. The van der Waals surface area contributed by atoms with Gasteiger partial charge in [-0.1, -0.05) is 30.3 Å². The molecule has 2 aliphatic rings. The molecule has 0 radical (unpaired) electrons. The minimum Gasteiger partial charge on any atom is -0.299 e. The van der Waals surface area contributed by atoms with E-state index in [1.165, 1.54) is 0 Å². The third kappa shape index (κ3) is 1.82. The molecule has 0 aliphatic heterocycles. The maximum absolute atomic E-state index is 12.3. The fourth-order valence-corrected chi connectivity index (χ4v) is 3.32. The Balaban J connectivity index is 1.79. The third-order valence-corrected chi connectivity index (χ3v) is 4.24. The lowest BCUT2D eigenvalue weighted by atomic mass is 9.77. The van der Waals surface area contributed by atoms with Crippen molar-refractivity contribution in [1.29, 1.82) is 0 Å². The first-order valence-electron chi connectivity index (χ1n) is 6.38. The van der Waals surface area contributed by atoms with Crippen molar-refractivity contribution in [2.75, 3.05) is 0 Å². The van der Waals surface area contributed by atoms with Gasteiger partial charge < -0.3 is 0 Å². The predicted molar refractivity (Wildman–Crippen MR) is 64.7 cm³/mol. The van der Waals surface area contributed by atoms with Crippen molar-refractivity contribution in [1.82, 2.24) is 0 Å². The van der Waals surface area contributed by atoms with E-state index >= 15 is 0 Å². The molecule has 3 rings (SSSR count). The van der Waals surface area contributed by atoms with Crippen molar-refractivity contribution in [3.05, 3.63) is 35.9 Å². The number of Topliss-reactive ketones (excluding diaryl/α,β-unsaturated/α-hetero) is 2. The van der Waals surface area contributed by atoms with Gasteiger partial charge in [0.05, 0.1) is 0 Å². The van der Waals surface area contributed by atoms with E-state index in [9.17, 15) is 9.59 Å². The van der Waals surface area contributed by atoms with Crippen LogP contribution in [0.1, 0.15) is 36.0 Å². The van der Waals surface area contributed by atoms with Gasteiger partial charge in [-0.2, -0.15) is 0 Å². The molecule has 88 valence electrons. The maximum atomic E-state index is 12.3. The molecule has 0 saturated heterocycles. The summed E-state index contributed by atoms with van der Waals surface area (Å²) in [7, 11) is 0. The van der Waals surface area contributed by atoms with Crippen LogP contribution in [0.2, 0.25) is 0 Å². The van der Waals surface area contributed by atoms with Crippen LogP contribution in [0.4, 0.5) is 0 Å². The molecular formula is C15H16O2. The van der Waals surface area contributed by atoms with Crippen molar-refractivity contribution in [3.8, 4) is 0 Å². The average Bonchev–Trinajstić information content (AvgIpc) is 2.61. The average molecular weight is 228 g/mol. The zero-order valence-corrected chi connectivity index (χ0v) is 9.76. The highest BCUT2D eigenvalue weighted by Gasteiger charge is 2.43. The zero-order valence-electron chi connectivity index (χ0n) is 9.76. The minimum atomic E-state index is 0.0765. The highest BCUT2D eigenvalue weighted by Crippen LogP contribution is 2.42. The smallest absolute Gasteiger partial charge is 0.165 e. The largest absolute Gasteiger partial charge is 0.299 e. The summed E-state index contributed by atoms with van der Waals surface area (Å²) in [6.07, 6.45) is 3.57.